The van der Waals surface area contributed by atoms with Gasteiger partial charge in [0.15, 0.2) is 0 Å². The van der Waals surface area contributed by atoms with Crippen LogP contribution in [0.4, 0.5) is 15.8 Å². The highest BCUT2D eigenvalue weighted by Gasteiger charge is 2.44. The molecule has 1 heterocycles. The van der Waals surface area contributed by atoms with Gasteiger partial charge in [-0.05, 0) is 90.6 Å². The second-order valence-electron chi connectivity index (χ2n) is 10.2. The number of halogens is 1. The molecule has 5 rings (SSSR count). The summed E-state index contributed by atoms with van der Waals surface area (Å²) < 4.78 is 13.6. The number of anilines is 2. The molecule has 3 aromatic carbocycles. The minimum absolute atomic E-state index is 0.107. The van der Waals surface area contributed by atoms with E-state index in [0.717, 1.165) is 47.5 Å². The summed E-state index contributed by atoms with van der Waals surface area (Å²) in [4.78, 5) is 17.8. The number of allylic oxidation sites excluding steroid dienone is 1. The Morgan fingerprint density at radius 2 is 1.49 bits per heavy atom. The van der Waals surface area contributed by atoms with Crippen molar-refractivity contribution in [3.05, 3.63) is 101 Å². The number of fused-ring (bicyclic) bond motifs is 1. The molecule has 0 saturated heterocycles. The Bertz CT molecular complexity index is 1330. The second-order valence-corrected chi connectivity index (χ2v) is 10.2. The minimum Gasteiger partial charge on any atom is -0.378 e. The standard InChI is InChI=1S/C31H33FN4O/c1-34(2)26-16-8-21(9-17-26)20-24-6-5-7-28-29(24)33-36(31(37)23-10-14-25(32)15-11-23)30(28)22-12-18-27(19-13-22)35(3)4/h8-20,28,30H,5-7H2,1-4H3/b24-20+. The summed E-state index contributed by atoms with van der Waals surface area (Å²) in [5, 5.41) is 6.60. The zero-order valence-electron chi connectivity index (χ0n) is 21.9. The van der Waals surface area contributed by atoms with Crippen LogP contribution >= 0.6 is 0 Å². The van der Waals surface area contributed by atoms with Crippen molar-refractivity contribution in [2.45, 2.75) is 25.3 Å². The van der Waals surface area contributed by atoms with Crippen molar-refractivity contribution < 1.29 is 9.18 Å². The Hall–Kier alpha value is -3.93. The predicted octanol–water partition coefficient (Wildman–Crippen LogP) is 6.39. The van der Waals surface area contributed by atoms with E-state index in [0.29, 0.717) is 5.56 Å². The molecule has 0 N–H and O–H groups in total. The minimum atomic E-state index is -0.362. The molecule has 5 nitrogen and oxygen atoms in total. The number of hydrogen-bond donors (Lipinski definition) is 0. The average molecular weight is 497 g/mol. The maximum Gasteiger partial charge on any atom is 0.274 e. The zero-order chi connectivity index (χ0) is 26.1. The number of amides is 1. The molecule has 190 valence electrons. The van der Waals surface area contributed by atoms with E-state index in [9.17, 15) is 9.18 Å². The number of benzene rings is 3. The van der Waals surface area contributed by atoms with Crippen molar-refractivity contribution in [2.24, 2.45) is 11.0 Å². The molecular weight excluding hydrogens is 463 g/mol. The largest absolute Gasteiger partial charge is 0.378 e. The van der Waals surface area contributed by atoms with E-state index >= 15 is 0 Å². The van der Waals surface area contributed by atoms with Gasteiger partial charge < -0.3 is 9.80 Å². The van der Waals surface area contributed by atoms with Gasteiger partial charge in [0.1, 0.15) is 5.82 Å². The van der Waals surface area contributed by atoms with Crippen molar-refractivity contribution in [2.75, 3.05) is 38.0 Å². The van der Waals surface area contributed by atoms with E-state index in [1.54, 1.807) is 5.01 Å². The highest BCUT2D eigenvalue weighted by Crippen LogP contribution is 2.45. The third-order valence-electron chi connectivity index (χ3n) is 7.30. The van der Waals surface area contributed by atoms with Crippen LogP contribution in [0.5, 0.6) is 0 Å². The predicted molar refractivity (Wildman–Crippen MR) is 150 cm³/mol. The first kappa shape index (κ1) is 24.8. The van der Waals surface area contributed by atoms with Gasteiger partial charge in [0.25, 0.3) is 5.91 Å². The Kier molecular flexibility index (Phi) is 6.83. The number of hydrazone groups is 1. The van der Waals surface area contributed by atoms with Gasteiger partial charge in [-0.25, -0.2) is 9.40 Å². The first-order valence-corrected chi connectivity index (χ1v) is 12.7. The maximum atomic E-state index is 13.7. The van der Waals surface area contributed by atoms with Crippen LogP contribution in [0, 0.1) is 11.7 Å². The van der Waals surface area contributed by atoms with E-state index in [1.807, 2.05) is 28.2 Å². The molecule has 0 radical (unpaired) electrons. The van der Waals surface area contributed by atoms with Gasteiger partial charge >= 0.3 is 0 Å². The van der Waals surface area contributed by atoms with Gasteiger partial charge in [0.2, 0.25) is 0 Å². The molecule has 0 spiro atoms. The van der Waals surface area contributed by atoms with Gasteiger partial charge in [0.05, 0.1) is 11.8 Å². The number of carbonyl (C=O) groups is 1. The van der Waals surface area contributed by atoms with Gasteiger partial charge in [-0.2, -0.15) is 5.10 Å². The SMILES string of the molecule is CN(C)c1ccc(/C=C2\CCCC3C2=NN(C(=O)c2ccc(F)cc2)C3c2ccc(N(C)C)cc2)cc1. The fourth-order valence-corrected chi connectivity index (χ4v) is 5.27. The molecule has 6 heteroatoms. The van der Waals surface area contributed by atoms with Crippen LogP contribution in [-0.2, 0) is 0 Å². The van der Waals surface area contributed by atoms with Crippen molar-refractivity contribution in [3.8, 4) is 0 Å². The summed E-state index contributed by atoms with van der Waals surface area (Å²) in [6.07, 6.45) is 5.14. The monoisotopic (exact) mass is 496 g/mol. The first-order chi connectivity index (χ1) is 17.8. The molecule has 1 aliphatic carbocycles. The van der Waals surface area contributed by atoms with Crippen LogP contribution < -0.4 is 9.80 Å². The quantitative estimate of drug-likeness (QED) is 0.411. The van der Waals surface area contributed by atoms with Crippen molar-refractivity contribution in [3.63, 3.8) is 0 Å². The molecule has 37 heavy (non-hydrogen) atoms. The zero-order valence-corrected chi connectivity index (χ0v) is 21.9. The number of carbonyl (C=O) groups excluding carboxylic acids is 1. The van der Waals surface area contributed by atoms with Crippen LogP contribution in [0.25, 0.3) is 6.08 Å². The van der Waals surface area contributed by atoms with E-state index in [2.05, 4.69) is 64.4 Å². The van der Waals surface area contributed by atoms with Gasteiger partial charge in [-0.1, -0.05) is 24.3 Å². The lowest BCUT2D eigenvalue weighted by molar-refractivity contribution is 0.0681. The highest BCUT2D eigenvalue weighted by atomic mass is 19.1. The number of nitrogens with zero attached hydrogens (tertiary/aromatic N) is 4. The fourth-order valence-electron chi connectivity index (χ4n) is 5.27. The van der Waals surface area contributed by atoms with E-state index in [1.165, 1.54) is 29.8 Å². The highest BCUT2D eigenvalue weighted by molar-refractivity contribution is 6.09. The molecule has 0 aromatic heterocycles. The Morgan fingerprint density at radius 1 is 0.892 bits per heavy atom. The molecule has 1 saturated carbocycles. The molecular formula is C31H33FN4O. The molecule has 1 amide bonds. The second kappa shape index (κ2) is 10.2. The fraction of sp³-hybridized carbons (Fsp3) is 0.290. The summed E-state index contributed by atoms with van der Waals surface area (Å²) in [5.74, 6) is -0.465. The van der Waals surface area contributed by atoms with Crippen LogP contribution in [-0.4, -0.2) is 44.8 Å². The lowest BCUT2D eigenvalue weighted by atomic mass is 9.77. The van der Waals surface area contributed by atoms with Crippen molar-refractivity contribution >= 4 is 29.1 Å². The third kappa shape index (κ3) is 5.01. The van der Waals surface area contributed by atoms with Gasteiger partial charge in [-0.15, -0.1) is 0 Å². The van der Waals surface area contributed by atoms with Gasteiger partial charge in [0, 0.05) is 51.0 Å². The van der Waals surface area contributed by atoms with Crippen LogP contribution in [0.3, 0.4) is 0 Å². The topological polar surface area (TPSA) is 39.1 Å². The number of hydrogen-bond acceptors (Lipinski definition) is 4. The Balaban J connectivity index is 1.54. The molecule has 2 atom stereocenters. The van der Waals surface area contributed by atoms with E-state index in [4.69, 9.17) is 5.10 Å². The molecule has 1 aliphatic heterocycles. The van der Waals surface area contributed by atoms with Crippen molar-refractivity contribution in [1.82, 2.24) is 5.01 Å². The smallest absolute Gasteiger partial charge is 0.274 e. The molecule has 2 unspecified atom stereocenters. The van der Waals surface area contributed by atoms with Crippen LogP contribution in [0.1, 0.15) is 46.8 Å². The summed E-state index contributed by atoms with van der Waals surface area (Å²) in [6, 6.07) is 22.4. The third-order valence-corrected chi connectivity index (χ3v) is 7.30. The first-order valence-electron chi connectivity index (χ1n) is 12.7. The molecule has 0 bridgehead atoms. The summed E-state index contributed by atoms with van der Waals surface area (Å²) in [7, 11) is 8.09. The lowest BCUT2D eigenvalue weighted by Gasteiger charge is -2.30. The van der Waals surface area contributed by atoms with Crippen LogP contribution in [0.15, 0.2) is 83.5 Å². The maximum absolute atomic E-state index is 13.7. The molecule has 2 aliphatic rings. The molecule has 3 aromatic rings. The molecule has 1 fully saturated rings. The average Bonchev–Trinajstić information content (AvgIpc) is 3.30. The van der Waals surface area contributed by atoms with E-state index in [-0.39, 0.29) is 23.7 Å². The van der Waals surface area contributed by atoms with Gasteiger partial charge in [-0.3, -0.25) is 4.79 Å². The number of rotatable bonds is 5. The summed E-state index contributed by atoms with van der Waals surface area (Å²) in [5.41, 5.74) is 7.03. The summed E-state index contributed by atoms with van der Waals surface area (Å²) in [6.45, 7) is 0. The Morgan fingerprint density at radius 3 is 2.08 bits per heavy atom. The summed E-state index contributed by atoms with van der Waals surface area (Å²) >= 11 is 0. The van der Waals surface area contributed by atoms with Crippen molar-refractivity contribution in [1.29, 1.82) is 0 Å². The van der Waals surface area contributed by atoms with E-state index < -0.39 is 0 Å². The lowest BCUT2D eigenvalue weighted by Crippen LogP contribution is -2.32. The normalized spacial score (nSPS) is 20.0. The Labute approximate surface area is 218 Å². The van der Waals surface area contributed by atoms with Crippen LogP contribution in [0.2, 0.25) is 0 Å².